The quantitative estimate of drug-likeness (QED) is 0.130. The van der Waals surface area contributed by atoms with Gasteiger partial charge in [-0.25, -0.2) is 0 Å². The number of benzene rings is 3. The van der Waals surface area contributed by atoms with Gasteiger partial charge in [0.05, 0.1) is 0 Å². The summed E-state index contributed by atoms with van der Waals surface area (Å²) >= 11 is 0. The molecule has 0 spiro atoms. The second kappa shape index (κ2) is 13.1. The molecule has 0 saturated carbocycles. The Morgan fingerprint density at radius 2 is 1.66 bits per heavy atom. The van der Waals surface area contributed by atoms with Gasteiger partial charge in [0.15, 0.2) is 0 Å². The lowest BCUT2D eigenvalue weighted by Gasteiger charge is -2.19. The fourth-order valence-electron chi connectivity index (χ4n) is 5.35. The molecule has 7 heteroatoms. The lowest BCUT2D eigenvalue weighted by atomic mass is 10.0. The number of hydrogen-bond acceptors (Lipinski definition) is 3. The smallest absolute Gasteiger partial charge is 0.251 e. The summed E-state index contributed by atoms with van der Waals surface area (Å²) in [6, 6.07) is 25.1. The van der Waals surface area contributed by atoms with Crippen LogP contribution in [0.25, 0.3) is 33.1 Å². The molecule has 0 saturated heterocycles. The van der Waals surface area contributed by atoms with Crippen molar-refractivity contribution >= 4 is 39.4 Å². The number of unbranched alkanes of at least 4 members (excludes halogenated alkanes) is 2. The lowest BCUT2D eigenvalue weighted by Crippen LogP contribution is -2.47. The number of rotatable bonds is 13. The molecule has 7 nitrogen and oxygen atoms in total. The molecule has 0 aliphatic heterocycles. The number of aromatic nitrogens is 2. The Labute approximate surface area is 239 Å². The number of aromatic amines is 2. The van der Waals surface area contributed by atoms with E-state index in [-0.39, 0.29) is 17.6 Å². The first kappa shape index (κ1) is 27.9. The third kappa shape index (κ3) is 6.92. The van der Waals surface area contributed by atoms with E-state index in [2.05, 4.69) is 44.9 Å². The minimum absolute atomic E-state index is 0.167. The Morgan fingerprint density at radius 3 is 2.49 bits per heavy atom. The van der Waals surface area contributed by atoms with Crippen LogP contribution in [0.1, 0.15) is 54.9 Å². The van der Waals surface area contributed by atoms with Crippen LogP contribution in [0, 0.1) is 0 Å². The Kier molecular flexibility index (Phi) is 8.94. The van der Waals surface area contributed by atoms with Crippen LogP contribution in [-0.4, -0.2) is 40.2 Å². The van der Waals surface area contributed by atoms with Crippen LogP contribution < -0.4 is 10.6 Å². The van der Waals surface area contributed by atoms with Gasteiger partial charge in [-0.05, 0) is 67.6 Å². The largest absolute Gasteiger partial charge is 0.361 e. The molecule has 0 radical (unpaired) electrons. The van der Waals surface area contributed by atoms with Gasteiger partial charge in [-0.15, -0.1) is 0 Å². The first-order valence-corrected chi connectivity index (χ1v) is 14.3. The van der Waals surface area contributed by atoms with Gasteiger partial charge in [0.25, 0.3) is 5.91 Å². The molecule has 0 unspecified atom stereocenters. The number of Topliss-reactive ketones (excluding diaryl/α,β-unsaturated/α-hetero) is 1. The summed E-state index contributed by atoms with van der Waals surface area (Å²) < 4.78 is 0. The van der Waals surface area contributed by atoms with E-state index in [1.165, 1.54) is 0 Å². The minimum atomic E-state index is -0.668. The Hall–Kier alpha value is -4.65. The van der Waals surface area contributed by atoms with Crippen LogP contribution in [0.3, 0.4) is 0 Å². The first-order valence-electron chi connectivity index (χ1n) is 14.3. The maximum atomic E-state index is 13.4. The Bertz CT molecular complexity index is 1650. The van der Waals surface area contributed by atoms with E-state index in [1.807, 2.05) is 54.7 Å². The molecule has 0 bridgehead atoms. The zero-order valence-electron chi connectivity index (χ0n) is 23.3. The number of hydrogen-bond donors (Lipinski definition) is 4. The summed E-state index contributed by atoms with van der Waals surface area (Å²) in [5, 5.41) is 8.12. The third-order valence-electron chi connectivity index (χ3n) is 7.51. The summed E-state index contributed by atoms with van der Waals surface area (Å²) in [4.78, 5) is 44.6. The molecule has 0 aliphatic rings. The molecule has 3 aromatic carbocycles. The Balaban J connectivity index is 1.27. The predicted octanol–water partition coefficient (Wildman–Crippen LogP) is 6.31. The van der Waals surface area contributed by atoms with Crippen LogP contribution in [0.4, 0.5) is 0 Å². The molecular formula is C34H36N4O3. The van der Waals surface area contributed by atoms with Gasteiger partial charge in [-0.2, -0.15) is 0 Å². The second-order valence-electron chi connectivity index (χ2n) is 10.5. The summed E-state index contributed by atoms with van der Waals surface area (Å²) in [5.41, 5.74) is 5.82. The van der Waals surface area contributed by atoms with Crippen molar-refractivity contribution in [3.63, 3.8) is 0 Å². The summed E-state index contributed by atoms with van der Waals surface area (Å²) in [5.74, 6) is -0.311. The molecule has 210 valence electrons. The number of amides is 2. The number of carbonyl (C=O) groups is 3. The van der Waals surface area contributed by atoms with E-state index in [1.54, 1.807) is 13.0 Å². The van der Waals surface area contributed by atoms with E-state index in [0.717, 1.165) is 57.9 Å². The van der Waals surface area contributed by atoms with Gasteiger partial charge < -0.3 is 25.4 Å². The maximum Gasteiger partial charge on any atom is 0.251 e. The average Bonchev–Trinajstić information content (AvgIpc) is 3.61. The van der Waals surface area contributed by atoms with Crippen molar-refractivity contribution in [3.05, 3.63) is 96.2 Å². The molecule has 0 aliphatic carbocycles. The van der Waals surface area contributed by atoms with Crippen molar-refractivity contribution in [2.24, 2.45) is 0 Å². The van der Waals surface area contributed by atoms with Gasteiger partial charge in [0, 0.05) is 52.2 Å². The van der Waals surface area contributed by atoms with Crippen LogP contribution in [0.2, 0.25) is 0 Å². The van der Waals surface area contributed by atoms with E-state index in [0.29, 0.717) is 31.4 Å². The van der Waals surface area contributed by atoms with Crippen molar-refractivity contribution in [2.45, 2.75) is 51.5 Å². The fraction of sp³-hybridized carbons (Fsp3) is 0.265. The number of ketones is 1. The summed E-state index contributed by atoms with van der Waals surface area (Å²) in [6.07, 6.45) is 5.86. The normalized spacial score (nSPS) is 11.9. The molecule has 41 heavy (non-hydrogen) atoms. The number of H-pyrrole nitrogens is 2. The maximum absolute atomic E-state index is 13.4. The van der Waals surface area contributed by atoms with E-state index in [9.17, 15) is 14.4 Å². The lowest BCUT2D eigenvalue weighted by molar-refractivity contribution is -0.123. The minimum Gasteiger partial charge on any atom is -0.361 e. The van der Waals surface area contributed by atoms with Crippen LogP contribution in [-0.2, 0) is 16.0 Å². The molecule has 5 rings (SSSR count). The topological polar surface area (TPSA) is 107 Å². The van der Waals surface area contributed by atoms with E-state index < -0.39 is 6.04 Å². The molecule has 4 N–H and O–H groups in total. The highest BCUT2D eigenvalue weighted by molar-refractivity contribution is 6.00. The van der Waals surface area contributed by atoms with E-state index in [4.69, 9.17) is 0 Å². The number of fused-ring (bicyclic) bond motifs is 2. The van der Waals surface area contributed by atoms with E-state index >= 15 is 0 Å². The standard InChI is InChI=1S/C34H36N4O3/c1-23(39)10-4-2-7-15-31(38-33(40)26-16-17-29-25(22-26)18-20-35-29)34(41)36-21-19-28-27-13-8-9-14-30(27)37-32(28)24-11-5-3-6-12-24/h3,5-6,8-9,11-14,16-18,20,22,31,35,37H,2,4,7,10,15,19,21H2,1H3,(H,36,41)(H,38,40)/t31-/m0/s1. The highest BCUT2D eigenvalue weighted by Crippen LogP contribution is 2.30. The van der Waals surface area contributed by atoms with Crippen molar-refractivity contribution in [3.8, 4) is 11.3 Å². The van der Waals surface area contributed by atoms with Crippen LogP contribution >= 0.6 is 0 Å². The Morgan fingerprint density at radius 1 is 0.854 bits per heavy atom. The molecule has 1 atom stereocenters. The number of nitrogens with one attached hydrogen (secondary N) is 4. The zero-order valence-corrected chi connectivity index (χ0v) is 23.3. The highest BCUT2D eigenvalue weighted by atomic mass is 16.2. The van der Waals surface area contributed by atoms with Gasteiger partial charge in [-0.1, -0.05) is 61.4 Å². The van der Waals surface area contributed by atoms with Gasteiger partial charge in [0.2, 0.25) is 5.91 Å². The van der Waals surface area contributed by atoms with Gasteiger partial charge in [-0.3, -0.25) is 9.59 Å². The summed E-state index contributed by atoms with van der Waals surface area (Å²) in [6.45, 7) is 2.03. The monoisotopic (exact) mass is 548 g/mol. The van der Waals surface area contributed by atoms with Crippen LogP contribution in [0.5, 0.6) is 0 Å². The third-order valence-corrected chi connectivity index (χ3v) is 7.51. The zero-order chi connectivity index (χ0) is 28.6. The summed E-state index contributed by atoms with van der Waals surface area (Å²) in [7, 11) is 0. The van der Waals surface area contributed by atoms with Gasteiger partial charge >= 0.3 is 0 Å². The molecule has 2 heterocycles. The molecule has 2 amide bonds. The fourth-order valence-corrected chi connectivity index (χ4v) is 5.35. The highest BCUT2D eigenvalue weighted by Gasteiger charge is 2.22. The van der Waals surface area contributed by atoms with Crippen molar-refractivity contribution in [1.29, 1.82) is 0 Å². The van der Waals surface area contributed by atoms with Crippen LogP contribution in [0.15, 0.2) is 85.1 Å². The average molecular weight is 549 g/mol. The van der Waals surface area contributed by atoms with Crippen molar-refractivity contribution in [2.75, 3.05) is 6.54 Å². The molecule has 2 aromatic heterocycles. The predicted molar refractivity (Wildman–Crippen MR) is 164 cm³/mol. The molecule has 0 fully saturated rings. The SMILES string of the molecule is CC(=O)CCCCC[C@H](NC(=O)c1ccc2[nH]ccc2c1)C(=O)NCCc1c(-c2ccccc2)[nH]c2ccccc12. The number of para-hydroxylation sites is 1. The van der Waals surface area contributed by atoms with Crippen molar-refractivity contribution < 1.29 is 14.4 Å². The van der Waals surface area contributed by atoms with Gasteiger partial charge in [0.1, 0.15) is 11.8 Å². The second-order valence-corrected chi connectivity index (χ2v) is 10.5. The number of carbonyl (C=O) groups excluding carboxylic acids is 3. The van der Waals surface area contributed by atoms with Crippen molar-refractivity contribution in [1.82, 2.24) is 20.6 Å². The molecule has 5 aromatic rings. The first-order chi connectivity index (χ1) is 20.0. The molecular weight excluding hydrogens is 512 g/mol.